The molecule has 130 valence electrons. The summed E-state index contributed by atoms with van der Waals surface area (Å²) >= 11 is 0. The Morgan fingerprint density at radius 3 is 2.62 bits per heavy atom. The van der Waals surface area contributed by atoms with Gasteiger partial charge in [0.2, 0.25) is 5.72 Å². The van der Waals surface area contributed by atoms with E-state index in [0.717, 1.165) is 5.75 Å². The van der Waals surface area contributed by atoms with E-state index in [0.29, 0.717) is 0 Å². The zero-order chi connectivity index (χ0) is 18.1. The molecule has 26 heavy (non-hydrogen) atoms. The Morgan fingerprint density at radius 1 is 0.962 bits per heavy atom. The Hall–Kier alpha value is -2.74. The third-order valence-corrected chi connectivity index (χ3v) is 6.25. The molecular weight excluding hydrogens is 318 g/mol. The third kappa shape index (κ3) is 1.77. The average molecular weight is 341 g/mol. The first-order chi connectivity index (χ1) is 12.4. The third-order valence-electron chi connectivity index (χ3n) is 6.25. The average Bonchev–Trinajstić information content (AvgIpc) is 2.80. The molecule has 0 saturated heterocycles. The molecule has 0 saturated carbocycles. The number of hydrogen-bond donors (Lipinski definition) is 0. The van der Waals surface area contributed by atoms with Gasteiger partial charge in [-0.25, -0.2) is 0 Å². The Bertz CT molecular complexity index is 1080. The van der Waals surface area contributed by atoms with E-state index in [-0.39, 0.29) is 5.41 Å². The van der Waals surface area contributed by atoms with Gasteiger partial charge >= 0.3 is 0 Å². The van der Waals surface area contributed by atoms with Crippen LogP contribution in [0.15, 0.2) is 60.7 Å². The van der Waals surface area contributed by atoms with Gasteiger partial charge in [-0.1, -0.05) is 48.0 Å². The zero-order valence-electron chi connectivity index (χ0n) is 15.7. The highest BCUT2D eigenvalue weighted by molar-refractivity contribution is 5.94. The maximum absolute atomic E-state index is 6.78. The van der Waals surface area contributed by atoms with Crippen molar-refractivity contribution in [2.45, 2.75) is 31.9 Å². The lowest BCUT2D eigenvalue weighted by Crippen LogP contribution is -2.58. The second kappa shape index (κ2) is 4.91. The van der Waals surface area contributed by atoms with Gasteiger partial charge in [-0.3, -0.25) is 0 Å². The minimum Gasteiger partial charge on any atom is -0.463 e. The Kier molecular flexibility index (Phi) is 2.93. The van der Waals surface area contributed by atoms with Gasteiger partial charge in [-0.05, 0) is 61.4 Å². The van der Waals surface area contributed by atoms with Crippen LogP contribution in [0.2, 0.25) is 0 Å². The van der Waals surface area contributed by atoms with Crippen LogP contribution in [-0.4, -0.2) is 12.8 Å². The van der Waals surface area contributed by atoms with Crippen LogP contribution < -0.4 is 9.64 Å². The summed E-state index contributed by atoms with van der Waals surface area (Å²) in [6.07, 6.45) is 4.50. The molecule has 0 amide bonds. The zero-order valence-corrected chi connectivity index (χ0v) is 15.7. The van der Waals surface area contributed by atoms with E-state index >= 15 is 0 Å². The molecule has 0 aliphatic carbocycles. The van der Waals surface area contributed by atoms with Crippen molar-refractivity contribution in [2.24, 2.45) is 0 Å². The molecule has 2 nitrogen and oxygen atoms in total. The van der Waals surface area contributed by atoms with E-state index in [1.54, 1.807) is 0 Å². The van der Waals surface area contributed by atoms with Gasteiger partial charge in [0.1, 0.15) is 5.75 Å². The molecule has 1 atom stereocenters. The standard InChI is InChI=1S/C24H23NO/c1-16-9-11-21-20(15-16)23(2,3)24(25(21)4)14-13-19-18-8-6-5-7-17(18)10-12-22(19)26-24/h5-15H,1-4H3. The summed E-state index contributed by atoms with van der Waals surface area (Å²) in [5.41, 5.74) is 4.36. The summed E-state index contributed by atoms with van der Waals surface area (Å²) in [4.78, 5) is 2.29. The molecule has 0 aromatic heterocycles. The second-order valence-corrected chi connectivity index (χ2v) is 8.03. The Balaban J connectivity index is 1.71. The number of fused-ring (bicyclic) bond motifs is 4. The molecule has 0 fully saturated rings. The number of likely N-dealkylation sites (N-methyl/N-ethyl adjacent to an activating group) is 1. The van der Waals surface area contributed by atoms with Crippen LogP contribution in [-0.2, 0) is 5.41 Å². The van der Waals surface area contributed by atoms with E-state index in [1.165, 1.54) is 33.2 Å². The highest BCUT2D eigenvalue weighted by Crippen LogP contribution is 2.54. The van der Waals surface area contributed by atoms with Crippen LogP contribution in [0.25, 0.3) is 16.8 Å². The van der Waals surface area contributed by atoms with E-state index < -0.39 is 5.72 Å². The predicted molar refractivity (Wildman–Crippen MR) is 109 cm³/mol. The molecule has 3 aromatic carbocycles. The van der Waals surface area contributed by atoms with Gasteiger partial charge in [-0.2, -0.15) is 0 Å². The maximum atomic E-state index is 6.78. The molecule has 0 N–H and O–H groups in total. The lowest BCUT2D eigenvalue weighted by atomic mass is 9.76. The van der Waals surface area contributed by atoms with Crippen LogP contribution in [0, 0.1) is 6.92 Å². The lowest BCUT2D eigenvalue weighted by Gasteiger charge is -2.46. The monoisotopic (exact) mass is 341 g/mol. The quantitative estimate of drug-likeness (QED) is 0.522. The van der Waals surface area contributed by atoms with Crippen molar-refractivity contribution in [1.82, 2.24) is 0 Å². The van der Waals surface area contributed by atoms with E-state index in [9.17, 15) is 0 Å². The SMILES string of the molecule is Cc1ccc2c(c1)C(C)(C)C1(C=Cc3c(ccc4ccccc34)O1)N2C. The number of benzene rings is 3. The van der Waals surface area contributed by atoms with Gasteiger partial charge in [0.15, 0.2) is 0 Å². The van der Waals surface area contributed by atoms with Crippen molar-refractivity contribution in [3.05, 3.63) is 77.4 Å². The predicted octanol–water partition coefficient (Wildman–Crippen LogP) is 5.68. The van der Waals surface area contributed by atoms with Crippen LogP contribution in [0.5, 0.6) is 5.75 Å². The first-order valence-electron chi connectivity index (χ1n) is 9.19. The van der Waals surface area contributed by atoms with Crippen molar-refractivity contribution in [3.63, 3.8) is 0 Å². The normalized spacial score (nSPS) is 22.4. The van der Waals surface area contributed by atoms with Crippen molar-refractivity contribution in [2.75, 3.05) is 11.9 Å². The molecule has 2 aliphatic rings. The van der Waals surface area contributed by atoms with Crippen LogP contribution in [0.3, 0.4) is 0 Å². The molecule has 1 spiro atoms. The minimum atomic E-state index is -0.515. The van der Waals surface area contributed by atoms with Gasteiger partial charge in [0.05, 0.1) is 5.41 Å². The van der Waals surface area contributed by atoms with Crippen molar-refractivity contribution in [1.29, 1.82) is 0 Å². The molecular formula is C24H23NO. The molecule has 2 heteroatoms. The van der Waals surface area contributed by atoms with Gasteiger partial charge in [0, 0.05) is 18.3 Å². The molecule has 0 bridgehead atoms. The van der Waals surface area contributed by atoms with Crippen LogP contribution in [0.1, 0.15) is 30.5 Å². The molecule has 0 radical (unpaired) electrons. The summed E-state index contributed by atoms with van der Waals surface area (Å²) in [5.74, 6) is 0.954. The number of rotatable bonds is 0. The summed E-state index contributed by atoms with van der Waals surface area (Å²) in [5, 5.41) is 2.48. The maximum Gasteiger partial charge on any atom is 0.211 e. The van der Waals surface area contributed by atoms with Gasteiger partial charge < -0.3 is 9.64 Å². The topological polar surface area (TPSA) is 12.5 Å². The summed E-state index contributed by atoms with van der Waals surface area (Å²) < 4.78 is 6.78. The molecule has 1 unspecified atom stereocenters. The van der Waals surface area contributed by atoms with Crippen LogP contribution in [0.4, 0.5) is 5.69 Å². The van der Waals surface area contributed by atoms with Gasteiger partial charge in [0.25, 0.3) is 0 Å². The van der Waals surface area contributed by atoms with Crippen molar-refractivity contribution >= 4 is 22.5 Å². The molecule has 2 heterocycles. The minimum absolute atomic E-state index is 0.164. The highest BCUT2D eigenvalue weighted by atomic mass is 16.5. The van der Waals surface area contributed by atoms with Crippen LogP contribution >= 0.6 is 0 Å². The number of aryl methyl sites for hydroxylation is 1. The molecule has 5 rings (SSSR count). The highest BCUT2D eigenvalue weighted by Gasteiger charge is 2.57. The number of nitrogens with zero attached hydrogens (tertiary/aromatic N) is 1. The number of anilines is 1. The van der Waals surface area contributed by atoms with Crippen molar-refractivity contribution in [3.8, 4) is 5.75 Å². The van der Waals surface area contributed by atoms with E-state index in [4.69, 9.17) is 4.74 Å². The fraction of sp³-hybridized carbons (Fsp3) is 0.250. The summed E-state index contributed by atoms with van der Waals surface area (Å²) in [7, 11) is 2.14. The first-order valence-corrected chi connectivity index (χ1v) is 9.19. The number of ether oxygens (including phenoxy) is 1. The Labute approximate surface area is 154 Å². The number of hydrogen-bond acceptors (Lipinski definition) is 2. The molecule has 3 aromatic rings. The van der Waals surface area contributed by atoms with Crippen molar-refractivity contribution < 1.29 is 4.74 Å². The second-order valence-electron chi connectivity index (χ2n) is 8.03. The Morgan fingerprint density at radius 2 is 1.77 bits per heavy atom. The fourth-order valence-electron chi connectivity index (χ4n) is 4.68. The van der Waals surface area contributed by atoms with E-state index in [2.05, 4.69) is 99.5 Å². The fourth-order valence-corrected chi connectivity index (χ4v) is 4.68. The van der Waals surface area contributed by atoms with Gasteiger partial charge in [-0.15, -0.1) is 0 Å². The first kappa shape index (κ1) is 15.5. The summed E-state index contributed by atoms with van der Waals surface area (Å²) in [6, 6.07) is 19.4. The largest absolute Gasteiger partial charge is 0.463 e. The molecule has 2 aliphatic heterocycles. The summed E-state index contributed by atoms with van der Waals surface area (Å²) in [6.45, 7) is 6.72. The smallest absolute Gasteiger partial charge is 0.211 e. The van der Waals surface area contributed by atoms with E-state index in [1.807, 2.05) is 0 Å². The lowest BCUT2D eigenvalue weighted by molar-refractivity contribution is 0.0584.